The van der Waals surface area contributed by atoms with Crippen LogP contribution in [-0.4, -0.2) is 41.8 Å². The first-order chi connectivity index (χ1) is 16.6. The molecule has 0 saturated heterocycles. The summed E-state index contributed by atoms with van der Waals surface area (Å²) in [6.07, 6.45) is 6.10. The van der Waals surface area contributed by atoms with Crippen LogP contribution in [0.5, 0.6) is 11.5 Å². The van der Waals surface area contributed by atoms with E-state index in [1.54, 1.807) is 14.2 Å². The molecule has 7 nitrogen and oxygen atoms in total. The number of anilines is 1. The third kappa shape index (κ3) is 5.86. The molecule has 3 heterocycles. The summed E-state index contributed by atoms with van der Waals surface area (Å²) in [6.45, 7) is 1.00. The number of carboxylic acids is 1. The number of hydrogen-bond acceptors (Lipinski definition) is 7. The van der Waals surface area contributed by atoms with Crippen LogP contribution < -0.4 is 14.8 Å². The molecule has 1 atom stereocenters. The molecule has 1 aromatic carbocycles. The van der Waals surface area contributed by atoms with E-state index in [1.807, 2.05) is 23.6 Å². The van der Waals surface area contributed by atoms with E-state index in [2.05, 4.69) is 17.4 Å². The van der Waals surface area contributed by atoms with Gasteiger partial charge in [-0.3, -0.25) is 4.79 Å². The first kappa shape index (κ1) is 24.0. The summed E-state index contributed by atoms with van der Waals surface area (Å²) in [7, 11) is 3.16. The van der Waals surface area contributed by atoms with Gasteiger partial charge in [0.15, 0.2) is 11.5 Å². The van der Waals surface area contributed by atoms with Crippen molar-refractivity contribution in [1.82, 2.24) is 9.97 Å². The Balaban J connectivity index is 1.38. The van der Waals surface area contributed by atoms with Gasteiger partial charge >= 0.3 is 5.97 Å². The first-order valence-corrected chi connectivity index (χ1v) is 12.6. The molecular weight excluding hydrogens is 450 g/mol. The number of nitrogens with zero attached hydrogens (tertiary/aromatic N) is 2. The maximum Gasteiger partial charge on any atom is 0.304 e. The fourth-order valence-electron chi connectivity index (χ4n) is 4.31. The largest absolute Gasteiger partial charge is 0.493 e. The van der Waals surface area contributed by atoms with Gasteiger partial charge in [0.05, 0.1) is 26.3 Å². The molecule has 4 rings (SSSR count). The van der Waals surface area contributed by atoms with Crippen LogP contribution in [0.3, 0.4) is 0 Å². The van der Waals surface area contributed by atoms with Gasteiger partial charge in [0, 0.05) is 23.5 Å². The maximum atomic E-state index is 11.6. The summed E-state index contributed by atoms with van der Waals surface area (Å²) in [6, 6.07) is 9.88. The lowest BCUT2D eigenvalue weighted by Crippen LogP contribution is -2.14. The van der Waals surface area contributed by atoms with E-state index in [0.717, 1.165) is 66.4 Å². The molecule has 0 aliphatic carbocycles. The predicted molar refractivity (Wildman–Crippen MR) is 133 cm³/mol. The third-order valence-electron chi connectivity index (χ3n) is 6.12. The molecule has 0 bridgehead atoms. The van der Waals surface area contributed by atoms with E-state index in [4.69, 9.17) is 19.4 Å². The fourth-order valence-corrected chi connectivity index (χ4v) is 5.29. The molecule has 3 aromatic rings. The molecule has 1 aliphatic rings. The van der Waals surface area contributed by atoms with Crippen LogP contribution in [0.1, 0.15) is 59.1 Å². The van der Waals surface area contributed by atoms with Gasteiger partial charge in [-0.1, -0.05) is 12.1 Å². The Morgan fingerprint density at radius 1 is 1.09 bits per heavy atom. The molecule has 0 radical (unpaired) electrons. The minimum absolute atomic E-state index is 0.0273. The number of aryl methyl sites for hydroxylation is 3. The van der Waals surface area contributed by atoms with E-state index in [1.165, 1.54) is 23.3 Å². The van der Waals surface area contributed by atoms with Crippen molar-refractivity contribution in [2.45, 2.75) is 50.9 Å². The van der Waals surface area contributed by atoms with Gasteiger partial charge in [-0.25, -0.2) is 9.97 Å². The zero-order valence-electron chi connectivity index (χ0n) is 19.7. The Labute approximate surface area is 204 Å². The predicted octanol–water partition coefficient (Wildman–Crippen LogP) is 5.09. The molecule has 34 heavy (non-hydrogen) atoms. The highest BCUT2D eigenvalue weighted by atomic mass is 32.1. The topological polar surface area (TPSA) is 93.6 Å². The number of carbonyl (C=O) groups is 1. The zero-order valence-corrected chi connectivity index (χ0v) is 20.5. The van der Waals surface area contributed by atoms with Crippen LogP contribution in [0.25, 0.3) is 0 Å². The summed E-state index contributed by atoms with van der Waals surface area (Å²) < 4.78 is 10.7. The Morgan fingerprint density at radius 3 is 2.65 bits per heavy atom. The Bertz CT molecular complexity index is 1130. The molecule has 0 amide bonds. The number of unbranched alkanes of at least 4 members (excludes halogenated alkanes) is 1. The van der Waals surface area contributed by atoms with Crippen molar-refractivity contribution in [2.24, 2.45) is 0 Å². The highest BCUT2D eigenvalue weighted by Crippen LogP contribution is 2.36. The lowest BCUT2D eigenvalue weighted by Gasteiger charge is -2.17. The van der Waals surface area contributed by atoms with E-state index < -0.39 is 5.97 Å². The van der Waals surface area contributed by atoms with E-state index in [0.29, 0.717) is 11.5 Å². The van der Waals surface area contributed by atoms with Crippen molar-refractivity contribution in [3.8, 4) is 11.5 Å². The minimum Gasteiger partial charge on any atom is -0.493 e. The number of hydrogen-bond donors (Lipinski definition) is 2. The van der Waals surface area contributed by atoms with E-state index >= 15 is 0 Å². The third-order valence-corrected chi connectivity index (χ3v) is 7.13. The molecular formula is C26H31N3O4S. The Hall–Kier alpha value is -3.13. The minimum atomic E-state index is -0.858. The number of rotatable bonds is 11. The smallest absolute Gasteiger partial charge is 0.304 e. The second-order valence-corrected chi connectivity index (χ2v) is 9.38. The number of aliphatic carboxylic acids is 1. The van der Waals surface area contributed by atoms with Crippen LogP contribution in [0.4, 0.5) is 5.82 Å². The summed E-state index contributed by atoms with van der Waals surface area (Å²) >= 11 is 1.52. The maximum absolute atomic E-state index is 11.6. The van der Waals surface area contributed by atoms with Gasteiger partial charge in [-0.05, 0) is 67.9 Å². The molecule has 2 N–H and O–H groups in total. The number of carboxylic acid groups (broad SMARTS) is 1. The average molecular weight is 482 g/mol. The van der Waals surface area contributed by atoms with Crippen molar-refractivity contribution in [3.05, 3.63) is 63.2 Å². The van der Waals surface area contributed by atoms with Crippen molar-refractivity contribution in [3.63, 3.8) is 0 Å². The van der Waals surface area contributed by atoms with Gasteiger partial charge < -0.3 is 19.9 Å². The molecule has 2 aromatic heterocycles. The van der Waals surface area contributed by atoms with Crippen LogP contribution >= 0.6 is 11.3 Å². The molecule has 1 aliphatic heterocycles. The molecule has 0 spiro atoms. The van der Waals surface area contributed by atoms with Crippen molar-refractivity contribution < 1.29 is 19.4 Å². The van der Waals surface area contributed by atoms with Gasteiger partial charge in [0.1, 0.15) is 10.8 Å². The quantitative estimate of drug-likeness (QED) is 0.369. The summed E-state index contributed by atoms with van der Waals surface area (Å²) in [4.78, 5) is 21.2. The monoisotopic (exact) mass is 481 g/mol. The van der Waals surface area contributed by atoms with Gasteiger partial charge in [-0.2, -0.15) is 0 Å². The summed E-state index contributed by atoms with van der Waals surface area (Å²) in [5.74, 6) is 1.06. The summed E-state index contributed by atoms with van der Waals surface area (Å²) in [5, 5.41) is 15.8. The van der Waals surface area contributed by atoms with E-state index in [9.17, 15) is 9.90 Å². The van der Waals surface area contributed by atoms with Crippen molar-refractivity contribution in [2.75, 3.05) is 26.1 Å². The highest BCUT2D eigenvalue weighted by Gasteiger charge is 2.23. The first-order valence-electron chi connectivity index (χ1n) is 11.7. The number of ether oxygens (including phenoxy) is 2. The Kier molecular flexibility index (Phi) is 8.00. The van der Waals surface area contributed by atoms with Gasteiger partial charge in [-0.15, -0.1) is 11.3 Å². The Morgan fingerprint density at radius 2 is 1.88 bits per heavy atom. The molecule has 0 unspecified atom stereocenters. The van der Waals surface area contributed by atoms with Crippen molar-refractivity contribution >= 4 is 23.1 Å². The van der Waals surface area contributed by atoms with Crippen LogP contribution in [0.15, 0.2) is 35.7 Å². The number of nitrogens with one attached hydrogen (secondary N) is 1. The van der Waals surface area contributed by atoms with E-state index in [-0.39, 0.29) is 12.3 Å². The number of aromatic nitrogens is 2. The molecule has 8 heteroatoms. The molecule has 0 fully saturated rings. The summed E-state index contributed by atoms with van der Waals surface area (Å²) in [5.41, 5.74) is 4.31. The van der Waals surface area contributed by atoms with Crippen LogP contribution in [-0.2, 0) is 24.1 Å². The van der Waals surface area contributed by atoms with Gasteiger partial charge in [0.2, 0.25) is 0 Å². The highest BCUT2D eigenvalue weighted by molar-refractivity contribution is 7.09. The number of pyridine rings is 1. The fraction of sp³-hybridized carbons (Fsp3) is 0.423. The lowest BCUT2D eigenvalue weighted by atomic mass is 9.96. The molecule has 0 saturated carbocycles. The number of thiazole rings is 1. The molecule has 180 valence electrons. The number of methoxy groups -OCH3 is 2. The van der Waals surface area contributed by atoms with Crippen molar-refractivity contribution in [1.29, 1.82) is 0 Å². The normalized spacial score (nSPS) is 13.6. The number of fused-ring (bicyclic) bond motifs is 1. The number of benzene rings is 1. The van der Waals surface area contributed by atoms with Gasteiger partial charge in [0.25, 0.3) is 0 Å². The van der Waals surface area contributed by atoms with Crippen LogP contribution in [0, 0.1) is 0 Å². The standard InChI is InChI=1S/C26H31N3O4S/c1-32-22-12-10-18(14-23(22)33-2)21(15-24(30)31)26-29-20(16-34-26)8-4-3-7-19-11-9-17-6-5-13-27-25(17)28-19/h9-12,14,16,21H,3-8,13,15H2,1-2H3,(H,27,28)(H,30,31)/t21-/m1/s1. The second-order valence-electron chi connectivity index (χ2n) is 8.49. The lowest BCUT2D eigenvalue weighted by molar-refractivity contribution is -0.137. The average Bonchev–Trinajstić information content (AvgIpc) is 3.33. The zero-order chi connectivity index (χ0) is 23.9. The van der Waals surface area contributed by atoms with Crippen LogP contribution in [0.2, 0.25) is 0 Å². The second kappa shape index (κ2) is 11.3. The SMILES string of the molecule is COc1ccc([C@@H](CC(=O)O)c2nc(CCCCc3ccc4c(n3)NCCC4)cs2)cc1OC.